The average Bonchev–Trinajstić information content (AvgIpc) is 3.25. The van der Waals surface area contributed by atoms with Gasteiger partial charge in [-0.15, -0.1) is 22.7 Å². The van der Waals surface area contributed by atoms with E-state index in [0.29, 0.717) is 17.0 Å². The van der Waals surface area contributed by atoms with Gasteiger partial charge < -0.3 is 14.9 Å². The number of aromatic nitrogens is 1. The number of hydrogen-bond acceptors (Lipinski definition) is 6. The number of carbonyl (C=O) groups excluding carboxylic acids is 1. The van der Waals surface area contributed by atoms with Gasteiger partial charge in [0.2, 0.25) is 0 Å². The number of nitrogens with zero attached hydrogens (tertiary/aromatic N) is 1. The number of aryl methyl sites for hydroxylation is 2. The van der Waals surface area contributed by atoms with E-state index in [9.17, 15) is 9.90 Å². The van der Waals surface area contributed by atoms with Crippen molar-refractivity contribution in [1.82, 2.24) is 10.5 Å². The van der Waals surface area contributed by atoms with E-state index < -0.39 is 6.04 Å². The molecule has 0 saturated heterocycles. The molecule has 3 aromatic rings. The largest absolute Gasteiger partial charge is 0.394 e. The van der Waals surface area contributed by atoms with Crippen LogP contribution < -0.4 is 5.32 Å². The van der Waals surface area contributed by atoms with Gasteiger partial charge in [0, 0.05) is 4.88 Å². The Morgan fingerprint density at radius 1 is 1.35 bits per heavy atom. The highest BCUT2D eigenvalue weighted by Gasteiger charge is 2.25. The maximum atomic E-state index is 12.7. The van der Waals surface area contributed by atoms with E-state index in [1.165, 1.54) is 22.7 Å². The predicted octanol–water partition coefficient (Wildman–Crippen LogP) is 3.54. The highest BCUT2D eigenvalue weighted by molar-refractivity contribution is 7.13. The molecule has 0 aliphatic rings. The molecule has 0 fully saturated rings. The van der Waals surface area contributed by atoms with Gasteiger partial charge in [-0.1, -0.05) is 11.2 Å². The van der Waals surface area contributed by atoms with Gasteiger partial charge in [-0.3, -0.25) is 4.79 Å². The maximum absolute atomic E-state index is 12.7. The Bertz CT molecular complexity index is 805. The summed E-state index contributed by atoms with van der Waals surface area (Å²) in [5, 5.41) is 20.4. The second kappa shape index (κ2) is 6.66. The highest BCUT2D eigenvalue weighted by Crippen LogP contribution is 2.30. The Kier molecular flexibility index (Phi) is 4.61. The molecule has 1 atom stereocenters. The predicted molar refractivity (Wildman–Crippen MR) is 90.9 cm³/mol. The van der Waals surface area contributed by atoms with Crippen LogP contribution in [0.5, 0.6) is 0 Å². The van der Waals surface area contributed by atoms with Crippen molar-refractivity contribution in [3.05, 3.63) is 50.7 Å². The monoisotopic (exact) mass is 348 g/mol. The molecule has 0 radical (unpaired) electrons. The number of thiophene rings is 2. The van der Waals surface area contributed by atoms with Gasteiger partial charge >= 0.3 is 0 Å². The molecular formula is C16H16N2O3S2. The van der Waals surface area contributed by atoms with Crippen LogP contribution in [0.1, 0.15) is 32.6 Å². The van der Waals surface area contributed by atoms with E-state index in [1.54, 1.807) is 6.92 Å². The first kappa shape index (κ1) is 15.9. The molecule has 1 unspecified atom stereocenters. The van der Waals surface area contributed by atoms with Gasteiger partial charge in [-0.05, 0) is 42.3 Å². The second-order valence-electron chi connectivity index (χ2n) is 5.12. The number of aliphatic hydroxyl groups is 1. The van der Waals surface area contributed by atoms with Crippen LogP contribution >= 0.6 is 22.7 Å². The summed E-state index contributed by atoms with van der Waals surface area (Å²) in [5.41, 5.74) is 2.00. The molecule has 0 aromatic carbocycles. The Balaban J connectivity index is 1.89. The number of carbonyl (C=O) groups is 1. The SMILES string of the molecule is Cc1ccsc1C(CO)NC(=O)c1c(-c2cccs2)noc1C. The molecular weight excluding hydrogens is 332 g/mol. The molecule has 3 aromatic heterocycles. The van der Waals surface area contributed by atoms with Crippen molar-refractivity contribution in [2.75, 3.05) is 6.61 Å². The zero-order valence-electron chi connectivity index (χ0n) is 12.7. The third-order valence-electron chi connectivity index (χ3n) is 3.55. The molecule has 7 heteroatoms. The molecule has 23 heavy (non-hydrogen) atoms. The number of nitrogens with one attached hydrogen (secondary N) is 1. The molecule has 0 aliphatic carbocycles. The zero-order chi connectivity index (χ0) is 16.4. The fourth-order valence-corrected chi connectivity index (χ4v) is 4.07. The summed E-state index contributed by atoms with van der Waals surface area (Å²) in [6.45, 7) is 3.51. The minimum absolute atomic E-state index is 0.161. The summed E-state index contributed by atoms with van der Waals surface area (Å²) in [4.78, 5) is 14.5. The Hall–Kier alpha value is -1.96. The number of aliphatic hydroxyl groups excluding tert-OH is 1. The summed E-state index contributed by atoms with van der Waals surface area (Å²) < 4.78 is 5.21. The first-order valence-corrected chi connectivity index (χ1v) is 8.83. The van der Waals surface area contributed by atoms with Crippen LogP contribution in [0.25, 0.3) is 10.6 Å². The molecule has 120 valence electrons. The zero-order valence-corrected chi connectivity index (χ0v) is 14.3. The topological polar surface area (TPSA) is 75.4 Å². The minimum Gasteiger partial charge on any atom is -0.394 e. The van der Waals surface area contributed by atoms with Crippen molar-refractivity contribution in [3.8, 4) is 10.6 Å². The number of hydrogen-bond donors (Lipinski definition) is 2. The van der Waals surface area contributed by atoms with Crippen molar-refractivity contribution in [3.63, 3.8) is 0 Å². The van der Waals surface area contributed by atoms with Crippen LogP contribution in [0.3, 0.4) is 0 Å². The van der Waals surface area contributed by atoms with E-state index in [4.69, 9.17) is 4.52 Å². The van der Waals surface area contributed by atoms with Crippen molar-refractivity contribution in [1.29, 1.82) is 0 Å². The summed E-state index contributed by atoms with van der Waals surface area (Å²) in [6.07, 6.45) is 0. The van der Waals surface area contributed by atoms with Crippen LogP contribution in [0.2, 0.25) is 0 Å². The van der Waals surface area contributed by atoms with E-state index in [-0.39, 0.29) is 12.5 Å². The molecule has 5 nitrogen and oxygen atoms in total. The summed E-state index contributed by atoms with van der Waals surface area (Å²) in [6, 6.07) is 5.33. The van der Waals surface area contributed by atoms with E-state index >= 15 is 0 Å². The van der Waals surface area contributed by atoms with Crippen LogP contribution in [-0.4, -0.2) is 22.8 Å². The van der Waals surface area contributed by atoms with Crippen LogP contribution in [0.4, 0.5) is 0 Å². The average molecular weight is 348 g/mol. The molecule has 1 amide bonds. The van der Waals surface area contributed by atoms with Gasteiger partial charge in [-0.2, -0.15) is 0 Å². The fourth-order valence-electron chi connectivity index (χ4n) is 2.39. The lowest BCUT2D eigenvalue weighted by atomic mass is 10.1. The smallest absolute Gasteiger partial charge is 0.257 e. The molecule has 2 N–H and O–H groups in total. The normalized spacial score (nSPS) is 12.3. The minimum atomic E-state index is -0.437. The Morgan fingerprint density at radius 3 is 2.78 bits per heavy atom. The first-order valence-electron chi connectivity index (χ1n) is 7.07. The molecule has 3 heterocycles. The molecule has 0 bridgehead atoms. The van der Waals surface area contributed by atoms with Crippen molar-refractivity contribution in [2.45, 2.75) is 19.9 Å². The Labute approximate surface area is 141 Å². The molecule has 0 spiro atoms. The van der Waals surface area contributed by atoms with Gasteiger partial charge in [0.1, 0.15) is 17.0 Å². The van der Waals surface area contributed by atoms with E-state index in [1.807, 2.05) is 35.9 Å². The van der Waals surface area contributed by atoms with Crippen LogP contribution in [0, 0.1) is 13.8 Å². The number of amides is 1. The highest BCUT2D eigenvalue weighted by atomic mass is 32.1. The van der Waals surface area contributed by atoms with Gasteiger partial charge in [0.05, 0.1) is 17.5 Å². The molecule has 3 rings (SSSR count). The van der Waals surface area contributed by atoms with E-state index in [0.717, 1.165) is 15.3 Å². The van der Waals surface area contributed by atoms with Crippen molar-refractivity contribution >= 4 is 28.6 Å². The van der Waals surface area contributed by atoms with Gasteiger partial charge in [0.15, 0.2) is 0 Å². The standard InChI is InChI=1S/C16H16N2O3S2/c1-9-5-7-23-15(9)11(8-19)17-16(20)13-10(2)21-18-14(13)12-4-3-6-22-12/h3-7,11,19H,8H2,1-2H3,(H,17,20). The summed E-state index contributed by atoms with van der Waals surface area (Å²) in [5.74, 6) is 0.171. The van der Waals surface area contributed by atoms with Crippen molar-refractivity contribution < 1.29 is 14.4 Å². The maximum Gasteiger partial charge on any atom is 0.257 e. The lowest BCUT2D eigenvalue weighted by molar-refractivity contribution is 0.0916. The van der Waals surface area contributed by atoms with Gasteiger partial charge in [0.25, 0.3) is 5.91 Å². The lowest BCUT2D eigenvalue weighted by Gasteiger charge is -2.16. The third kappa shape index (κ3) is 3.08. The molecule has 0 saturated carbocycles. The third-order valence-corrected chi connectivity index (χ3v) is 5.56. The lowest BCUT2D eigenvalue weighted by Crippen LogP contribution is -2.31. The van der Waals surface area contributed by atoms with E-state index in [2.05, 4.69) is 10.5 Å². The quantitative estimate of drug-likeness (QED) is 0.739. The fraction of sp³-hybridized carbons (Fsp3) is 0.250. The first-order chi connectivity index (χ1) is 11.1. The summed E-state index contributed by atoms with van der Waals surface area (Å²) in [7, 11) is 0. The summed E-state index contributed by atoms with van der Waals surface area (Å²) >= 11 is 3.01. The van der Waals surface area contributed by atoms with Crippen LogP contribution in [-0.2, 0) is 0 Å². The van der Waals surface area contributed by atoms with Gasteiger partial charge in [-0.25, -0.2) is 0 Å². The molecule has 0 aliphatic heterocycles. The van der Waals surface area contributed by atoms with Crippen LogP contribution in [0.15, 0.2) is 33.5 Å². The number of rotatable bonds is 5. The Morgan fingerprint density at radius 2 is 2.17 bits per heavy atom. The van der Waals surface area contributed by atoms with Crippen molar-refractivity contribution in [2.24, 2.45) is 0 Å². The second-order valence-corrected chi connectivity index (χ2v) is 7.01.